The summed E-state index contributed by atoms with van der Waals surface area (Å²) in [7, 11) is 0. The minimum absolute atomic E-state index is 0.628. The number of nitrogens with one attached hydrogen (secondary N) is 1. The molecule has 19 heavy (non-hydrogen) atoms. The molecule has 2 heteroatoms. The molecule has 1 aliphatic heterocycles. The molecular formula is C17H26N2. The van der Waals surface area contributed by atoms with E-state index in [0.717, 1.165) is 12.0 Å². The topological polar surface area (TPSA) is 15.3 Å². The first-order valence-electron chi connectivity index (χ1n) is 7.88. The summed E-state index contributed by atoms with van der Waals surface area (Å²) < 4.78 is 0. The molecule has 1 saturated carbocycles. The van der Waals surface area contributed by atoms with Crippen molar-refractivity contribution in [3.8, 4) is 0 Å². The van der Waals surface area contributed by atoms with E-state index in [9.17, 15) is 0 Å². The van der Waals surface area contributed by atoms with Crippen LogP contribution in [0.4, 0.5) is 0 Å². The lowest BCUT2D eigenvalue weighted by atomic mass is 10.1. The lowest BCUT2D eigenvalue weighted by Gasteiger charge is -2.25. The molecule has 1 saturated heterocycles. The minimum Gasteiger partial charge on any atom is -0.312 e. The van der Waals surface area contributed by atoms with Crippen LogP contribution in [0.15, 0.2) is 30.3 Å². The van der Waals surface area contributed by atoms with E-state index in [0.29, 0.717) is 6.04 Å². The maximum absolute atomic E-state index is 3.73. The van der Waals surface area contributed by atoms with Crippen molar-refractivity contribution in [2.75, 3.05) is 19.6 Å². The molecule has 0 bridgehead atoms. The fourth-order valence-electron chi connectivity index (χ4n) is 3.48. The van der Waals surface area contributed by atoms with E-state index < -0.39 is 0 Å². The Morgan fingerprint density at radius 3 is 2.84 bits per heavy atom. The molecule has 0 radical (unpaired) electrons. The van der Waals surface area contributed by atoms with Gasteiger partial charge in [-0.05, 0) is 43.8 Å². The van der Waals surface area contributed by atoms with Crippen LogP contribution in [0.25, 0.3) is 0 Å². The molecule has 3 rings (SSSR count). The largest absolute Gasteiger partial charge is 0.312 e. The van der Waals surface area contributed by atoms with Gasteiger partial charge in [-0.2, -0.15) is 0 Å². The van der Waals surface area contributed by atoms with Gasteiger partial charge in [0.25, 0.3) is 0 Å². The molecule has 2 fully saturated rings. The van der Waals surface area contributed by atoms with Crippen LogP contribution >= 0.6 is 0 Å². The van der Waals surface area contributed by atoms with Crippen molar-refractivity contribution < 1.29 is 0 Å². The SMILES string of the molecule is CCC1CC1N1CCCNC(Cc2ccccc2)C1. The van der Waals surface area contributed by atoms with Crippen molar-refractivity contribution in [3.63, 3.8) is 0 Å². The summed E-state index contributed by atoms with van der Waals surface area (Å²) in [6.07, 6.45) is 5.27. The molecular weight excluding hydrogens is 232 g/mol. The van der Waals surface area contributed by atoms with Crippen LogP contribution in [0.3, 0.4) is 0 Å². The van der Waals surface area contributed by atoms with Gasteiger partial charge in [0, 0.05) is 18.6 Å². The summed E-state index contributed by atoms with van der Waals surface area (Å²) >= 11 is 0. The molecule has 1 aromatic carbocycles. The summed E-state index contributed by atoms with van der Waals surface area (Å²) in [5.74, 6) is 0.982. The molecule has 0 amide bonds. The third kappa shape index (κ3) is 3.37. The molecule has 104 valence electrons. The zero-order valence-electron chi connectivity index (χ0n) is 12.0. The first-order chi connectivity index (χ1) is 9.36. The first-order valence-corrected chi connectivity index (χ1v) is 7.88. The van der Waals surface area contributed by atoms with E-state index >= 15 is 0 Å². The van der Waals surface area contributed by atoms with Gasteiger partial charge in [0.15, 0.2) is 0 Å². The lowest BCUT2D eigenvalue weighted by molar-refractivity contribution is 0.245. The zero-order chi connectivity index (χ0) is 13.1. The van der Waals surface area contributed by atoms with Gasteiger partial charge in [0.05, 0.1) is 0 Å². The van der Waals surface area contributed by atoms with E-state index in [4.69, 9.17) is 0 Å². The van der Waals surface area contributed by atoms with Crippen molar-refractivity contribution in [2.24, 2.45) is 5.92 Å². The molecule has 0 spiro atoms. The Hall–Kier alpha value is -0.860. The highest BCUT2D eigenvalue weighted by atomic mass is 15.2. The molecule has 2 nitrogen and oxygen atoms in total. The van der Waals surface area contributed by atoms with Crippen LogP contribution in [0.2, 0.25) is 0 Å². The summed E-state index contributed by atoms with van der Waals surface area (Å²) in [6.45, 7) is 6.04. The maximum atomic E-state index is 3.73. The number of hydrogen-bond acceptors (Lipinski definition) is 2. The van der Waals surface area contributed by atoms with Crippen molar-refractivity contribution in [1.82, 2.24) is 10.2 Å². The molecule has 1 heterocycles. The Bertz CT molecular complexity index is 390. The monoisotopic (exact) mass is 258 g/mol. The summed E-state index contributed by atoms with van der Waals surface area (Å²) in [5, 5.41) is 3.73. The third-order valence-electron chi connectivity index (χ3n) is 4.71. The fraction of sp³-hybridized carbons (Fsp3) is 0.647. The Labute approximate surface area is 117 Å². The molecule has 1 aromatic rings. The number of benzene rings is 1. The van der Waals surface area contributed by atoms with Gasteiger partial charge in [-0.15, -0.1) is 0 Å². The van der Waals surface area contributed by atoms with Gasteiger partial charge < -0.3 is 5.32 Å². The van der Waals surface area contributed by atoms with E-state index in [1.54, 1.807) is 0 Å². The lowest BCUT2D eigenvalue weighted by Crippen LogP contribution is -2.40. The third-order valence-corrected chi connectivity index (χ3v) is 4.71. The van der Waals surface area contributed by atoms with Crippen molar-refractivity contribution >= 4 is 0 Å². The quantitative estimate of drug-likeness (QED) is 0.893. The molecule has 3 unspecified atom stereocenters. The van der Waals surface area contributed by atoms with Gasteiger partial charge in [-0.25, -0.2) is 0 Å². The fourth-order valence-corrected chi connectivity index (χ4v) is 3.48. The Morgan fingerprint density at radius 2 is 2.11 bits per heavy atom. The molecule has 1 aliphatic carbocycles. The molecule has 0 aromatic heterocycles. The van der Waals surface area contributed by atoms with Gasteiger partial charge in [-0.3, -0.25) is 4.90 Å². The Morgan fingerprint density at radius 1 is 1.26 bits per heavy atom. The van der Waals surface area contributed by atoms with Crippen LogP contribution in [-0.2, 0) is 6.42 Å². The number of rotatable bonds is 4. The van der Waals surface area contributed by atoms with Crippen molar-refractivity contribution in [2.45, 2.75) is 44.7 Å². The minimum atomic E-state index is 0.628. The van der Waals surface area contributed by atoms with E-state index in [-0.39, 0.29) is 0 Å². The summed E-state index contributed by atoms with van der Waals surface area (Å²) in [6, 6.07) is 12.4. The normalized spacial score (nSPS) is 31.9. The first kappa shape index (κ1) is 13.1. The summed E-state index contributed by atoms with van der Waals surface area (Å²) in [5.41, 5.74) is 1.46. The average molecular weight is 258 g/mol. The smallest absolute Gasteiger partial charge is 0.0235 e. The zero-order valence-corrected chi connectivity index (χ0v) is 12.0. The van der Waals surface area contributed by atoms with Gasteiger partial charge >= 0.3 is 0 Å². The van der Waals surface area contributed by atoms with Gasteiger partial charge in [0.2, 0.25) is 0 Å². The summed E-state index contributed by atoms with van der Waals surface area (Å²) in [4.78, 5) is 2.75. The second-order valence-corrected chi connectivity index (χ2v) is 6.16. The molecule has 1 N–H and O–H groups in total. The number of hydrogen-bond donors (Lipinski definition) is 1. The van der Waals surface area contributed by atoms with Crippen LogP contribution in [0.1, 0.15) is 31.7 Å². The van der Waals surface area contributed by atoms with Gasteiger partial charge in [-0.1, -0.05) is 43.7 Å². The van der Waals surface area contributed by atoms with Crippen molar-refractivity contribution in [3.05, 3.63) is 35.9 Å². The maximum Gasteiger partial charge on any atom is 0.0235 e. The van der Waals surface area contributed by atoms with Gasteiger partial charge in [0.1, 0.15) is 0 Å². The Balaban J connectivity index is 1.59. The Kier molecular flexibility index (Phi) is 4.19. The van der Waals surface area contributed by atoms with Crippen LogP contribution in [0, 0.1) is 5.92 Å². The van der Waals surface area contributed by atoms with E-state index in [1.807, 2.05) is 0 Å². The highest BCUT2D eigenvalue weighted by molar-refractivity contribution is 5.16. The van der Waals surface area contributed by atoms with Crippen LogP contribution in [-0.4, -0.2) is 36.6 Å². The molecule has 3 atom stereocenters. The highest BCUT2D eigenvalue weighted by Gasteiger charge is 2.40. The van der Waals surface area contributed by atoms with Crippen molar-refractivity contribution in [1.29, 1.82) is 0 Å². The second-order valence-electron chi connectivity index (χ2n) is 6.16. The van der Waals surface area contributed by atoms with E-state index in [1.165, 1.54) is 50.9 Å². The van der Waals surface area contributed by atoms with E-state index in [2.05, 4.69) is 47.5 Å². The molecule has 2 aliphatic rings. The van der Waals surface area contributed by atoms with Crippen LogP contribution < -0.4 is 5.32 Å². The standard InChI is InChI=1S/C17H26N2/c1-2-15-12-17(15)19-10-6-9-18-16(13-19)11-14-7-4-3-5-8-14/h3-5,7-8,15-18H,2,6,9-13H2,1H3. The predicted molar refractivity (Wildman–Crippen MR) is 80.3 cm³/mol. The predicted octanol–water partition coefficient (Wildman–Crippen LogP) is 2.69. The number of nitrogens with zero attached hydrogens (tertiary/aromatic N) is 1. The van der Waals surface area contributed by atoms with Crippen LogP contribution in [0.5, 0.6) is 0 Å². The highest BCUT2D eigenvalue weighted by Crippen LogP contribution is 2.38. The second kappa shape index (κ2) is 6.06. The average Bonchev–Trinajstić information content (AvgIpc) is 3.22.